The van der Waals surface area contributed by atoms with Gasteiger partial charge in [-0.3, -0.25) is 4.79 Å². The van der Waals surface area contributed by atoms with Crippen LogP contribution in [0.2, 0.25) is 0 Å². The van der Waals surface area contributed by atoms with E-state index in [-0.39, 0.29) is 12.0 Å². The van der Waals surface area contributed by atoms with Crippen LogP contribution in [0.15, 0.2) is 28.7 Å². The van der Waals surface area contributed by atoms with Crippen molar-refractivity contribution in [3.8, 4) is 0 Å². The molecule has 104 valence electrons. The minimum atomic E-state index is 0.0990. The molecule has 1 aliphatic rings. The van der Waals surface area contributed by atoms with E-state index in [4.69, 9.17) is 4.74 Å². The average molecular weight is 327 g/mol. The average Bonchev–Trinajstić information content (AvgIpc) is 2.42. The molecule has 0 aromatic heterocycles. The molecular formula is C14H19BrN2O2. The van der Waals surface area contributed by atoms with Gasteiger partial charge in [0.1, 0.15) is 0 Å². The van der Waals surface area contributed by atoms with Crippen molar-refractivity contribution in [3.05, 3.63) is 34.3 Å². The minimum Gasteiger partial charge on any atom is -0.373 e. The summed E-state index contributed by atoms with van der Waals surface area (Å²) in [6.45, 7) is 2.75. The van der Waals surface area contributed by atoms with Crippen molar-refractivity contribution < 1.29 is 9.53 Å². The highest BCUT2D eigenvalue weighted by Gasteiger charge is 2.23. The highest BCUT2D eigenvalue weighted by atomic mass is 79.9. The molecule has 0 radical (unpaired) electrons. The fourth-order valence-electron chi connectivity index (χ4n) is 2.21. The second-order valence-electron chi connectivity index (χ2n) is 4.66. The molecule has 1 aromatic rings. The molecule has 1 aromatic carbocycles. The van der Waals surface area contributed by atoms with Crippen LogP contribution in [0.3, 0.4) is 0 Å². The van der Waals surface area contributed by atoms with Crippen molar-refractivity contribution in [3.63, 3.8) is 0 Å². The molecule has 4 nitrogen and oxygen atoms in total. The Labute approximate surface area is 122 Å². The van der Waals surface area contributed by atoms with Crippen LogP contribution in [-0.2, 0) is 16.0 Å². The number of morpholine rings is 1. The molecule has 1 fully saturated rings. The van der Waals surface area contributed by atoms with Gasteiger partial charge in [-0.15, -0.1) is 0 Å². The number of benzene rings is 1. The highest BCUT2D eigenvalue weighted by molar-refractivity contribution is 9.10. The Bertz CT molecular complexity index is 437. The normalized spacial score (nSPS) is 19.5. The SMILES string of the molecule is CNCC1CN(C(=O)Cc2ccccc2Br)CCO1. The lowest BCUT2D eigenvalue weighted by Crippen LogP contribution is -2.49. The Morgan fingerprint density at radius 3 is 3.05 bits per heavy atom. The molecule has 1 atom stereocenters. The van der Waals surface area contributed by atoms with E-state index >= 15 is 0 Å². The van der Waals surface area contributed by atoms with Crippen LogP contribution in [0.5, 0.6) is 0 Å². The lowest BCUT2D eigenvalue weighted by molar-refractivity contribution is -0.137. The van der Waals surface area contributed by atoms with Gasteiger partial charge >= 0.3 is 0 Å². The first-order valence-corrected chi connectivity index (χ1v) is 7.27. The summed E-state index contributed by atoms with van der Waals surface area (Å²) < 4.78 is 6.60. The molecule has 0 spiro atoms. The van der Waals surface area contributed by atoms with Crippen LogP contribution in [0.4, 0.5) is 0 Å². The molecule has 19 heavy (non-hydrogen) atoms. The van der Waals surface area contributed by atoms with E-state index in [0.717, 1.165) is 16.6 Å². The summed E-state index contributed by atoms with van der Waals surface area (Å²) in [5, 5.41) is 3.09. The second-order valence-corrected chi connectivity index (χ2v) is 5.51. The van der Waals surface area contributed by atoms with Gasteiger partial charge in [0, 0.05) is 24.1 Å². The Morgan fingerprint density at radius 2 is 2.32 bits per heavy atom. The molecule has 1 N–H and O–H groups in total. The summed E-state index contributed by atoms with van der Waals surface area (Å²) in [4.78, 5) is 14.2. The number of amides is 1. The number of nitrogens with zero attached hydrogens (tertiary/aromatic N) is 1. The molecule has 0 bridgehead atoms. The zero-order chi connectivity index (χ0) is 13.7. The summed E-state index contributed by atoms with van der Waals surface area (Å²) in [5.74, 6) is 0.163. The van der Waals surface area contributed by atoms with Crippen LogP contribution in [0.25, 0.3) is 0 Å². The third kappa shape index (κ3) is 4.03. The third-order valence-electron chi connectivity index (χ3n) is 3.22. The number of halogens is 1. The third-order valence-corrected chi connectivity index (χ3v) is 4.00. The fourth-order valence-corrected chi connectivity index (χ4v) is 2.64. The van der Waals surface area contributed by atoms with Gasteiger partial charge < -0.3 is 15.0 Å². The molecule has 1 saturated heterocycles. The summed E-state index contributed by atoms with van der Waals surface area (Å²) in [6.07, 6.45) is 0.537. The van der Waals surface area contributed by atoms with E-state index in [0.29, 0.717) is 26.1 Å². The van der Waals surface area contributed by atoms with Crippen molar-refractivity contribution in [2.24, 2.45) is 0 Å². The van der Waals surface area contributed by atoms with Gasteiger partial charge in [0.05, 0.1) is 19.1 Å². The van der Waals surface area contributed by atoms with E-state index in [2.05, 4.69) is 21.2 Å². The lowest BCUT2D eigenvalue weighted by Gasteiger charge is -2.33. The maximum absolute atomic E-state index is 12.3. The first kappa shape index (κ1) is 14.5. The fraction of sp³-hybridized carbons (Fsp3) is 0.500. The van der Waals surface area contributed by atoms with Crippen LogP contribution in [0.1, 0.15) is 5.56 Å². The van der Waals surface area contributed by atoms with Crippen molar-refractivity contribution >= 4 is 21.8 Å². The number of carbonyl (C=O) groups excluding carboxylic acids is 1. The van der Waals surface area contributed by atoms with Gasteiger partial charge in [-0.2, -0.15) is 0 Å². The van der Waals surface area contributed by atoms with Gasteiger partial charge in [0.15, 0.2) is 0 Å². The van der Waals surface area contributed by atoms with Crippen LogP contribution < -0.4 is 5.32 Å². The Hall–Kier alpha value is -0.910. The van der Waals surface area contributed by atoms with E-state index in [1.165, 1.54) is 0 Å². The smallest absolute Gasteiger partial charge is 0.227 e. The van der Waals surface area contributed by atoms with Crippen LogP contribution >= 0.6 is 15.9 Å². The Morgan fingerprint density at radius 1 is 1.53 bits per heavy atom. The quantitative estimate of drug-likeness (QED) is 0.910. The minimum absolute atomic E-state index is 0.0990. The largest absolute Gasteiger partial charge is 0.373 e. The maximum Gasteiger partial charge on any atom is 0.227 e. The van der Waals surface area contributed by atoms with Crippen LogP contribution in [0, 0.1) is 0 Å². The second kappa shape index (κ2) is 7.03. The first-order valence-electron chi connectivity index (χ1n) is 6.48. The Kier molecular flexibility index (Phi) is 5.36. The number of hydrogen-bond acceptors (Lipinski definition) is 3. The molecule has 1 amide bonds. The van der Waals surface area contributed by atoms with Crippen LogP contribution in [-0.4, -0.2) is 50.2 Å². The maximum atomic E-state index is 12.3. The summed E-state index contributed by atoms with van der Waals surface area (Å²) >= 11 is 3.48. The Balaban J connectivity index is 1.94. The number of rotatable bonds is 4. The highest BCUT2D eigenvalue weighted by Crippen LogP contribution is 2.17. The first-order chi connectivity index (χ1) is 9.20. The predicted molar refractivity (Wildman–Crippen MR) is 78.1 cm³/mol. The molecule has 1 aliphatic heterocycles. The van der Waals surface area contributed by atoms with Gasteiger partial charge in [0.2, 0.25) is 5.91 Å². The number of likely N-dealkylation sites (N-methyl/N-ethyl adjacent to an activating group) is 1. The molecule has 0 saturated carbocycles. The number of nitrogens with one attached hydrogen (secondary N) is 1. The molecular weight excluding hydrogens is 308 g/mol. The predicted octanol–water partition coefficient (Wildman–Crippen LogP) is 1.44. The molecule has 1 heterocycles. The van der Waals surface area contributed by atoms with Gasteiger partial charge in [-0.25, -0.2) is 0 Å². The zero-order valence-corrected chi connectivity index (χ0v) is 12.6. The molecule has 0 aliphatic carbocycles. The summed E-state index contributed by atoms with van der Waals surface area (Å²) in [5.41, 5.74) is 1.03. The number of hydrogen-bond donors (Lipinski definition) is 1. The summed E-state index contributed by atoms with van der Waals surface area (Å²) in [6, 6.07) is 7.85. The van der Waals surface area contributed by atoms with Crippen molar-refractivity contribution in [1.82, 2.24) is 10.2 Å². The van der Waals surface area contributed by atoms with Gasteiger partial charge in [-0.1, -0.05) is 34.1 Å². The lowest BCUT2D eigenvalue weighted by atomic mass is 10.1. The van der Waals surface area contributed by atoms with Gasteiger partial charge in [0.25, 0.3) is 0 Å². The molecule has 1 unspecified atom stereocenters. The van der Waals surface area contributed by atoms with E-state index < -0.39 is 0 Å². The number of ether oxygens (including phenoxy) is 1. The van der Waals surface area contributed by atoms with E-state index in [9.17, 15) is 4.79 Å². The van der Waals surface area contributed by atoms with E-state index in [1.807, 2.05) is 36.2 Å². The van der Waals surface area contributed by atoms with Crippen molar-refractivity contribution in [2.45, 2.75) is 12.5 Å². The van der Waals surface area contributed by atoms with Gasteiger partial charge in [-0.05, 0) is 18.7 Å². The molecule has 2 rings (SSSR count). The van der Waals surface area contributed by atoms with Crippen molar-refractivity contribution in [1.29, 1.82) is 0 Å². The monoisotopic (exact) mass is 326 g/mol. The topological polar surface area (TPSA) is 41.6 Å². The summed E-state index contributed by atoms with van der Waals surface area (Å²) in [7, 11) is 1.89. The van der Waals surface area contributed by atoms with E-state index in [1.54, 1.807) is 0 Å². The molecule has 5 heteroatoms. The zero-order valence-electron chi connectivity index (χ0n) is 11.1. The number of carbonyl (C=O) groups is 1. The van der Waals surface area contributed by atoms with Crippen molar-refractivity contribution in [2.75, 3.05) is 33.3 Å². The standard InChI is InChI=1S/C14H19BrN2O2/c1-16-9-12-10-17(6-7-19-12)14(18)8-11-4-2-3-5-13(11)15/h2-5,12,16H,6-10H2,1H3.